The fourth-order valence-electron chi connectivity index (χ4n) is 5.44. The molecule has 2 aromatic heterocycles. The lowest BCUT2D eigenvalue weighted by molar-refractivity contribution is -0.134. The van der Waals surface area contributed by atoms with Crippen molar-refractivity contribution in [3.8, 4) is 11.3 Å². The molecule has 0 N–H and O–H groups in total. The lowest BCUT2D eigenvalue weighted by atomic mass is 10.0. The van der Waals surface area contributed by atoms with Gasteiger partial charge >= 0.3 is 0 Å². The SMILES string of the molecule is O=C(CCl)N1CCC2(CC1)SCC(=O)N2Cc1ccc(-c2ccc3ccn(Cc4ccccc4)c3c2)o1. The van der Waals surface area contributed by atoms with Gasteiger partial charge in [-0.1, -0.05) is 42.5 Å². The van der Waals surface area contributed by atoms with E-state index in [0.29, 0.717) is 25.4 Å². The number of alkyl halides is 1. The molecule has 1 spiro atoms. The second-order valence-corrected chi connectivity index (χ2v) is 11.3. The minimum absolute atomic E-state index is 0.000726. The predicted octanol–water partition coefficient (Wildman–Crippen LogP) is 5.58. The number of piperidine rings is 1. The second kappa shape index (κ2) is 9.95. The van der Waals surface area contributed by atoms with E-state index in [0.717, 1.165) is 42.0 Å². The summed E-state index contributed by atoms with van der Waals surface area (Å²) in [5.41, 5.74) is 3.42. The van der Waals surface area contributed by atoms with Gasteiger partial charge in [0.2, 0.25) is 11.8 Å². The van der Waals surface area contributed by atoms with Gasteiger partial charge in [-0.25, -0.2) is 0 Å². The number of amides is 2. The standard InChI is InChI=1S/C29H28ClN3O3S/c30-17-27(34)31-14-11-29(12-15-31)33(28(35)20-37-29)19-24-8-9-26(36-24)23-7-6-22-10-13-32(25(22)16-23)18-21-4-2-1-3-5-21/h1-10,13,16H,11-12,14-15,17-20H2. The van der Waals surface area contributed by atoms with Crippen LogP contribution in [0.3, 0.4) is 0 Å². The Morgan fingerprint density at radius 3 is 2.59 bits per heavy atom. The largest absolute Gasteiger partial charge is 0.459 e. The maximum Gasteiger partial charge on any atom is 0.237 e. The molecule has 2 aromatic carbocycles. The molecule has 37 heavy (non-hydrogen) atoms. The maximum atomic E-state index is 12.9. The van der Waals surface area contributed by atoms with E-state index in [9.17, 15) is 9.59 Å². The van der Waals surface area contributed by atoms with Crippen molar-refractivity contribution < 1.29 is 14.0 Å². The van der Waals surface area contributed by atoms with Crippen LogP contribution < -0.4 is 0 Å². The summed E-state index contributed by atoms with van der Waals surface area (Å²) in [4.78, 5) is 28.3. The van der Waals surface area contributed by atoms with Crippen molar-refractivity contribution in [1.29, 1.82) is 0 Å². The molecule has 0 aliphatic carbocycles. The Labute approximate surface area is 225 Å². The zero-order chi connectivity index (χ0) is 25.4. The number of hydrogen-bond donors (Lipinski definition) is 0. The topological polar surface area (TPSA) is 58.7 Å². The number of rotatable bonds is 6. The highest BCUT2D eigenvalue weighted by Gasteiger charge is 2.48. The van der Waals surface area contributed by atoms with E-state index in [-0.39, 0.29) is 22.6 Å². The Morgan fingerprint density at radius 1 is 1.00 bits per heavy atom. The summed E-state index contributed by atoms with van der Waals surface area (Å²) in [6.07, 6.45) is 3.61. The van der Waals surface area contributed by atoms with E-state index in [4.69, 9.17) is 16.0 Å². The average molecular weight is 534 g/mol. The van der Waals surface area contributed by atoms with E-state index in [2.05, 4.69) is 59.3 Å². The van der Waals surface area contributed by atoms with Crippen LogP contribution in [0, 0.1) is 0 Å². The van der Waals surface area contributed by atoms with E-state index >= 15 is 0 Å². The second-order valence-electron chi connectivity index (χ2n) is 9.70. The normalized spacial score (nSPS) is 17.3. The molecule has 190 valence electrons. The third kappa shape index (κ3) is 4.66. The number of carbonyl (C=O) groups is 2. The Kier molecular flexibility index (Phi) is 6.51. The van der Waals surface area contributed by atoms with Crippen molar-refractivity contribution in [3.63, 3.8) is 0 Å². The van der Waals surface area contributed by atoms with Gasteiger partial charge in [0.25, 0.3) is 0 Å². The lowest BCUT2D eigenvalue weighted by Crippen LogP contribution is -2.52. The van der Waals surface area contributed by atoms with Gasteiger partial charge in [-0.3, -0.25) is 9.59 Å². The fourth-order valence-corrected chi connectivity index (χ4v) is 6.96. The summed E-state index contributed by atoms with van der Waals surface area (Å²) in [5.74, 6) is 2.11. The van der Waals surface area contributed by atoms with Crippen LogP contribution in [-0.2, 0) is 22.7 Å². The van der Waals surface area contributed by atoms with Gasteiger partial charge < -0.3 is 18.8 Å². The first kappa shape index (κ1) is 24.2. The van der Waals surface area contributed by atoms with Gasteiger partial charge in [-0.15, -0.1) is 23.4 Å². The third-order valence-electron chi connectivity index (χ3n) is 7.50. The van der Waals surface area contributed by atoms with E-state index < -0.39 is 0 Å². The summed E-state index contributed by atoms with van der Waals surface area (Å²) in [6, 6.07) is 22.9. The van der Waals surface area contributed by atoms with Crippen molar-refractivity contribution in [3.05, 3.63) is 84.3 Å². The van der Waals surface area contributed by atoms with E-state index in [1.165, 1.54) is 10.9 Å². The smallest absolute Gasteiger partial charge is 0.237 e. The first-order valence-corrected chi connectivity index (χ1v) is 14.1. The molecular weight excluding hydrogens is 506 g/mol. The molecule has 8 heteroatoms. The number of carbonyl (C=O) groups excluding carboxylic acids is 2. The van der Waals surface area contributed by atoms with Gasteiger partial charge in [0.15, 0.2) is 0 Å². The number of hydrogen-bond acceptors (Lipinski definition) is 4. The van der Waals surface area contributed by atoms with Crippen LogP contribution in [0.15, 0.2) is 77.3 Å². The Balaban J connectivity index is 1.20. The minimum Gasteiger partial charge on any atom is -0.459 e. The quantitative estimate of drug-likeness (QED) is 0.303. The zero-order valence-electron chi connectivity index (χ0n) is 20.4. The van der Waals surface area contributed by atoms with Gasteiger partial charge in [-0.05, 0) is 48.1 Å². The highest BCUT2D eigenvalue weighted by atomic mass is 35.5. The fraction of sp³-hybridized carbons (Fsp3) is 0.310. The molecule has 2 fully saturated rings. The Bertz CT molecular complexity index is 1440. The average Bonchev–Trinajstić information content (AvgIpc) is 3.64. The molecule has 2 amide bonds. The summed E-state index contributed by atoms with van der Waals surface area (Å²) in [5, 5.41) is 1.19. The van der Waals surface area contributed by atoms with Crippen molar-refractivity contribution in [2.75, 3.05) is 24.7 Å². The molecule has 0 saturated carbocycles. The molecule has 6 rings (SSSR count). The van der Waals surface area contributed by atoms with Gasteiger partial charge in [-0.2, -0.15) is 0 Å². The third-order valence-corrected chi connectivity index (χ3v) is 9.28. The van der Waals surface area contributed by atoms with Crippen LogP contribution >= 0.6 is 23.4 Å². The lowest BCUT2D eigenvalue weighted by Gasteiger charge is -2.43. The summed E-state index contributed by atoms with van der Waals surface area (Å²) < 4.78 is 8.53. The van der Waals surface area contributed by atoms with Crippen LogP contribution in [0.2, 0.25) is 0 Å². The highest BCUT2D eigenvalue weighted by molar-refractivity contribution is 8.01. The molecule has 0 radical (unpaired) electrons. The summed E-state index contributed by atoms with van der Waals surface area (Å²) in [6.45, 7) is 2.48. The molecule has 2 saturated heterocycles. The van der Waals surface area contributed by atoms with Crippen LogP contribution in [0.1, 0.15) is 24.2 Å². The van der Waals surface area contributed by atoms with Gasteiger partial charge in [0.05, 0.1) is 17.2 Å². The Hall–Kier alpha value is -3.16. The molecule has 2 aliphatic heterocycles. The highest BCUT2D eigenvalue weighted by Crippen LogP contribution is 2.45. The summed E-state index contributed by atoms with van der Waals surface area (Å²) in [7, 11) is 0. The molecule has 0 unspecified atom stereocenters. The number of halogens is 1. The van der Waals surface area contributed by atoms with Crippen molar-refractivity contribution in [2.24, 2.45) is 0 Å². The van der Waals surface area contributed by atoms with Gasteiger partial charge in [0.1, 0.15) is 17.4 Å². The molecule has 4 heterocycles. The van der Waals surface area contributed by atoms with Crippen LogP contribution in [-0.4, -0.2) is 55.8 Å². The molecule has 6 nitrogen and oxygen atoms in total. The number of benzene rings is 2. The maximum absolute atomic E-state index is 12.9. The predicted molar refractivity (Wildman–Crippen MR) is 147 cm³/mol. The van der Waals surface area contributed by atoms with Crippen molar-refractivity contribution in [1.82, 2.24) is 14.4 Å². The van der Waals surface area contributed by atoms with Crippen molar-refractivity contribution >= 4 is 46.1 Å². The number of likely N-dealkylation sites (tertiary alicyclic amines) is 1. The molecule has 4 aromatic rings. The molecule has 2 aliphatic rings. The Morgan fingerprint density at radius 2 is 1.81 bits per heavy atom. The number of thioether (sulfide) groups is 1. The number of aromatic nitrogens is 1. The molecule has 0 bridgehead atoms. The number of fused-ring (bicyclic) bond motifs is 1. The first-order valence-electron chi connectivity index (χ1n) is 12.5. The first-order chi connectivity index (χ1) is 18.0. The van der Waals surface area contributed by atoms with Crippen molar-refractivity contribution in [2.45, 2.75) is 30.8 Å². The zero-order valence-corrected chi connectivity index (χ0v) is 22.0. The van der Waals surface area contributed by atoms with Crippen LogP contribution in [0.5, 0.6) is 0 Å². The molecule has 0 atom stereocenters. The molecular formula is C29H28ClN3O3S. The van der Waals surface area contributed by atoms with E-state index in [1.54, 1.807) is 16.7 Å². The van der Waals surface area contributed by atoms with Gasteiger partial charge in [0, 0.05) is 36.9 Å². The van der Waals surface area contributed by atoms with Crippen LogP contribution in [0.25, 0.3) is 22.2 Å². The van der Waals surface area contributed by atoms with E-state index in [1.807, 2.05) is 23.1 Å². The minimum atomic E-state index is -0.287. The number of nitrogens with zero attached hydrogens (tertiary/aromatic N) is 3. The monoisotopic (exact) mass is 533 g/mol. The summed E-state index contributed by atoms with van der Waals surface area (Å²) >= 11 is 7.44. The van der Waals surface area contributed by atoms with Crippen LogP contribution in [0.4, 0.5) is 0 Å². The number of furan rings is 1.